The van der Waals surface area contributed by atoms with E-state index in [-0.39, 0.29) is 226 Å². The van der Waals surface area contributed by atoms with Gasteiger partial charge in [0.2, 0.25) is 0 Å². The Balaban J connectivity index is 0.000000370. The first-order chi connectivity index (χ1) is 60.8. The van der Waals surface area contributed by atoms with Crippen LogP contribution in [0.15, 0.2) is 97.1 Å². The molecule has 746 valence electrons. The molecule has 0 atom stereocenters. The third-order valence-corrected chi connectivity index (χ3v) is 25.3. The molecule has 24 nitrogen and oxygen atoms in total. The summed E-state index contributed by atoms with van der Waals surface area (Å²) in [5, 5.41) is 98.4. The molecule has 3 fully saturated rings. The van der Waals surface area contributed by atoms with E-state index in [4.69, 9.17) is 47.4 Å². The van der Waals surface area contributed by atoms with Crippen LogP contribution < -0.4 is 20.0 Å². The molecule has 0 unspecified atom stereocenters. The van der Waals surface area contributed by atoms with E-state index in [0.29, 0.717) is 141 Å². The fourth-order valence-electron chi connectivity index (χ4n) is 16.4. The van der Waals surface area contributed by atoms with Crippen molar-refractivity contribution in [3.8, 4) is 46.0 Å². The zero-order valence-electron chi connectivity index (χ0n) is 85.6. The standard InChI is InChI=1S/2C46H60O6.C18H36N2O6.Ba.4H2O/c2*1-43(2,3)35-15-27-13-28-16-36(44(4,5)6)21-33(40(28)48)25-52-26-34-22-38(46(10,11)12)18-30(42(34)50)14-29-17-37(45(7,8)9)20-32(41(29)49)24-51-23-31(19-35)39(27)47;1-7-21-13-14-24-10-4-20-5-11-25-17-15-22-8-2-19(1)3-9-23-16-18-26-12-6-20;;;;;/h2*15-22,47-50H,13-14,23-26H2,1-12H3;1-18H2;;4*1H2/q;;;+2;;;;/p-2. The summed E-state index contributed by atoms with van der Waals surface area (Å²) in [4.78, 5) is 2.88. The predicted octanol–water partition coefficient (Wildman–Crippen LogP) is 14.5. The maximum Gasteiger partial charge on any atom is 2.00 e. The quantitative estimate of drug-likeness (QED) is 0.0654. The van der Waals surface area contributed by atoms with Crippen LogP contribution in [0.2, 0.25) is 0 Å². The van der Waals surface area contributed by atoms with Crippen LogP contribution in [0.5, 0.6) is 46.0 Å². The first kappa shape index (κ1) is 119. The molecule has 5 aliphatic rings. The van der Waals surface area contributed by atoms with Gasteiger partial charge >= 0.3 is 48.9 Å². The van der Waals surface area contributed by atoms with E-state index >= 15 is 0 Å². The summed E-state index contributed by atoms with van der Waals surface area (Å²) in [5.41, 5.74) is 16.6. The molecule has 14 N–H and O–H groups in total. The monoisotopic (exact) mass is 2000 g/mol. The maximum atomic E-state index is 14.1. The molecule has 25 heteroatoms. The number of phenolic OH excluding ortho intramolecular Hbond substituents is 6. The summed E-state index contributed by atoms with van der Waals surface area (Å²) >= 11 is 0. The van der Waals surface area contributed by atoms with Crippen LogP contribution in [0, 0.1) is 0 Å². The van der Waals surface area contributed by atoms with Crippen LogP contribution >= 0.6 is 0 Å². The zero-order valence-corrected chi connectivity index (χ0v) is 90.1. The molecule has 0 radical (unpaired) electrons. The van der Waals surface area contributed by atoms with Crippen LogP contribution in [0.1, 0.15) is 300 Å². The molecule has 13 rings (SSSR count). The number of benzene rings is 8. The van der Waals surface area contributed by atoms with Gasteiger partial charge in [-0.3, -0.25) is 0 Å². The first-order valence-electron chi connectivity index (χ1n) is 47.0. The average molecular weight is 2000 g/mol. The van der Waals surface area contributed by atoms with Gasteiger partial charge in [0.25, 0.3) is 0 Å². The second kappa shape index (κ2) is 51.0. The number of phenols is 6. The van der Waals surface area contributed by atoms with Crippen molar-refractivity contribution < 1.29 is 120 Å². The van der Waals surface area contributed by atoms with Crippen molar-refractivity contribution in [3.05, 3.63) is 231 Å². The molecule has 0 spiro atoms. The van der Waals surface area contributed by atoms with Gasteiger partial charge in [0.15, 0.2) is 0 Å². The van der Waals surface area contributed by atoms with Crippen molar-refractivity contribution in [1.29, 1.82) is 0 Å². The minimum Gasteiger partial charge on any atom is -0.872 e. The number of rotatable bonds is 0. The van der Waals surface area contributed by atoms with Crippen molar-refractivity contribution in [2.45, 2.75) is 288 Å². The molecular weight excluding hydrogens is 1840 g/mol. The molecule has 8 aromatic carbocycles. The zero-order chi connectivity index (χ0) is 95.2. The number of ether oxygens (including phenoxy) is 10. The SMILES string of the molecule is C1COCC[NH+]2CCOCCOCC[NH+](CCO1)CCOCCOCC2.CC(C)(C)c1cc2c([O-])c(c1)Cc1cc(C(C)(C)C)cc(c1O)COCc1cc(C(C)(C)C)cc(c1O)Cc1cc(C(C)(C)C)cc(c1O)COC2.CC(C)(C)c1cc2c([O-])c(c1)Cc1cc(C(C)(C)C)cc(c1O)COCc1cc(C(C)(C)C)cc(c1O)Cc1cc(C(C)(C)C)cc(c1O)COC2.O.O.[Ba+2].[OH-].[OH-]. The molecule has 5 heterocycles. The minimum absolute atomic E-state index is 0. The molecule has 0 aromatic heterocycles. The second-order valence-electron chi connectivity index (χ2n) is 44.5. The number of quaternary nitrogens is 2. The Morgan fingerprint density at radius 1 is 0.200 bits per heavy atom. The maximum absolute atomic E-state index is 14.1. The van der Waals surface area contributed by atoms with E-state index in [0.717, 1.165) is 123 Å². The smallest absolute Gasteiger partial charge is 0.872 e. The third-order valence-electron chi connectivity index (χ3n) is 25.3. The van der Waals surface area contributed by atoms with Gasteiger partial charge in [0.1, 0.15) is 73.8 Å². The fourth-order valence-corrected chi connectivity index (χ4v) is 16.4. The molecule has 135 heavy (non-hydrogen) atoms. The number of nitrogens with one attached hydrogen (secondary N) is 2. The Morgan fingerprint density at radius 3 is 0.481 bits per heavy atom. The average Bonchev–Trinajstić information content (AvgIpc) is 0.786. The molecule has 5 aliphatic heterocycles. The topological polar surface area (TPSA) is 392 Å². The Morgan fingerprint density at radius 2 is 0.326 bits per heavy atom. The van der Waals surface area contributed by atoms with E-state index < -0.39 is 0 Å². The van der Waals surface area contributed by atoms with E-state index in [1.54, 1.807) is 0 Å². The summed E-state index contributed by atoms with van der Waals surface area (Å²) in [6.45, 7) is 65.9. The number of hydrogen-bond donors (Lipinski definition) is 8. The van der Waals surface area contributed by atoms with Crippen LogP contribution in [0.3, 0.4) is 0 Å². The van der Waals surface area contributed by atoms with Gasteiger partial charge in [-0.1, -0.05) is 249 Å². The van der Waals surface area contributed by atoms with Crippen molar-refractivity contribution in [3.63, 3.8) is 0 Å². The summed E-state index contributed by atoms with van der Waals surface area (Å²) in [6, 6.07) is 31.7. The Labute approximate surface area is 845 Å². The normalized spacial score (nSPS) is 17.4. The number of aromatic hydroxyl groups is 6. The molecular formula is C110H162BaN2O22. The number of fused-ring (bicyclic) bond motifs is 37. The van der Waals surface area contributed by atoms with Gasteiger partial charge < -0.3 is 120 Å². The van der Waals surface area contributed by atoms with Gasteiger partial charge in [0.05, 0.1) is 132 Å². The van der Waals surface area contributed by atoms with Crippen molar-refractivity contribution in [1.82, 2.24) is 0 Å². The summed E-state index contributed by atoms with van der Waals surface area (Å²) in [7, 11) is 0. The Bertz CT molecular complexity index is 4200. The van der Waals surface area contributed by atoms with Gasteiger partial charge in [-0.2, -0.15) is 0 Å². The van der Waals surface area contributed by atoms with Gasteiger partial charge in [0, 0.05) is 59.1 Å². The predicted molar refractivity (Wildman–Crippen MR) is 528 cm³/mol. The van der Waals surface area contributed by atoms with Crippen LogP contribution in [0.25, 0.3) is 0 Å². The first-order valence-corrected chi connectivity index (χ1v) is 47.0. The van der Waals surface area contributed by atoms with Gasteiger partial charge in [-0.15, -0.1) is 0 Å². The summed E-state index contributed by atoms with van der Waals surface area (Å²) in [6.07, 6.45) is 1.08. The Hall–Kier alpha value is -6.91. The molecule has 0 aliphatic carbocycles. The van der Waals surface area contributed by atoms with E-state index in [2.05, 4.69) is 166 Å². The minimum atomic E-state index is -0.234. The van der Waals surface area contributed by atoms with Crippen LogP contribution in [-0.4, -0.2) is 220 Å². The molecule has 8 aromatic rings. The fraction of sp³-hybridized carbons (Fsp3) is 0.564. The van der Waals surface area contributed by atoms with Crippen molar-refractivity contribution >= 4 is 48.9 Å². The molecule has 18 bridgehead atoms. The Kier molecular flexibility index (Phi) is 44.8. The van der Waals surface area contributed by atoms with E-state index in [1.807, 2.05) is 97.1 Å². The van der Waals surface area contributed by atoms with Crippen molar-refractivity contribution in [2.75, 3.05) is 119 Å². The van der Waals surface area contributed by atoms with Gasteiger partial charge in [-0.05, 0) is 169 Å². The van der Waals surface area contributed by atoms with Crippen LogP contribution in [0.4, 0.5) is 0 Å². The molecule has 0 amide bonds. The van der Waals surface area contributed by atoms with Crippen LogP contribution in [-0.2, 0) is 169 Å². The number of hydrogen-bond acceptors (Lipinski definition) is 20. The largest absolute Gasteiger partial charge is 2.00 e. The molecule has 0 saturated carbocycles. The second-order valence-corrected chi connectivity index (χ2v) is 44.5. The van der Waals surface area contributed by atoms with Crippen molar-refractivity contribution in [2.24, 2.45) is 0 Å². The summed E-state index contributed by atoms with van der Waals surface area (Å²) in [5.74, 6) is 0.494. The molecule has 3 saturated heterocycles. The summed E-state index contributed by atoms with van der Waals surface area (Å²) < 4.78 is 59.5. The van der Waals surface area contributed by atoms with E-state index in [1.165, 1.54) is 9.80 Å². The third kappa shape index (κ3) is 33.9. The van der Waals surface area contributed by atoms with Gasteiger partial charge in [-0.25, -0.2) is 0 Å². The van der Waals surface area contributed by atoms with E-state index in [9.17, 15) is 40.9 Å².